The van der Waals surface area contributed by atoms with E-state index in [4.69, 9.17) is 10.00 Å². The maximum absolute atomic E-state index is 12.1. The van der Waals surface area contributed by atoms with Gasteiger partial charge in [0.05, 0.1) is 24.4 Å². The number of hydrogen-bond acceptors (Lipinski definition) is 5. The zero-order valence-electron chi connectivity index (χ0n) is 14.2. The monoisotopic (exact) mass is 363 g/mol. The Kier molecular flexibility index (Phi) is 5.62. The molecule has 1 aromatic heterocycles. The third-order valence-electron chi connectivity index (χ3n) is 3.77. The van der Waals surface area contributed by atoms with Crippen LogP contribution < -0.4 is 10.1 Å². The van der Waals surface area contributed by atoms with Crippen molar-refractivity contribution in [3.8, 4) is 22.4 Å². The molecule has 0 aliphatic carbocycles. The van der Waals surface area contributed by atoms with E-state index in [2.05, 4.69) is 16.4 Å². The molecule has 1 heterocycles. The van der Waals surface area contributed by atoms with Crippen LogP contribution in [0.2, 0.25) is 0 Å². The first-order chi connectivity index (χ1) is 12.7. The summed E-state index contributed by atoms with van der Waals surface area (Å²) >= 11 is 1.56. The molecular weight excluding hydrogens is 346 g/mol. The van der Waals surface area contributed by atoms with Crippen molar-refractivity contribution in [3.63, 3.8) is 0 Å². The van der Waals surface area contributed by atoms with Crippen molar-refractivity contribution in [2.45, 2.75) is 12.8 Å². The number of thiazole rings is 1. The number of anilines is 1. The Balaban J connectivity index is 1.57. The first-order valence-electron chi connectivity index (χ1n) is 8.07. The molecule has 0 radical (unpaired) electrons. The molecule has 0 aliphatic heterocycles. The van der Waals surface area contributed by atoms with Crippen molar-refractivity contribution in [2.75, 3.05) is 12.4 Å². The molecular formula is C20H17N3O2S. The maximum atomic E-state index is 12.1. The molecule has 5 nitrogen and oxygen atoms in total. The van der Waals surface area contributed by atoms with E-state index < -0.39 is 0 Å². The summed E-state index contributed by atoms with van der Waals surface area (Å²) in [7, 11) is 1.64. The van der Waals surface area contributed by atoms with E-state index in [0.29, 0.717) is 24.1 Å². The predicted octanol–water partition coefficient (Wildman–Crippen LogP) is 4.26. The number of aryl methyl sites for hydroxylation is 1. The fraction of sp³-hybridized carbons (Fsp3) is 0.150. The van der Waals surface area contributed by atoms with Gasteiger partial charge < -0.3 is 10.1 Å². The van der Waals surface area contributed by atoms with Gasteiger partial charge in [-0.25, -0.2) is 4.98 Å². The lowest BCUT2D eigenvalue weighted by Gasteiger charge is -2.04. The summed E-state index contributed by atoms with van der Waals surface area (Å²) < 4.78 is 5.16. The molecule has 130 valence electrons. The molecule has 0 saturated carbocycles. The number of rotatable bonds is 6. The second kappa shape index (κ2) is 8.28. The lowest BCUT2D eigenvalue weighted by molar-refractivity contribution is -0.116. The fourth-order valence-corrected chi connectivity index (χ4v) is 3.28. The topological polar surface area (TPSA) is 75.0 Å². The fourth-order valence-electron chi connectivity index (χ4n) is 2.42. The van der Waals surface area contributed by atoms with E-state index in [1.807, 2.05) is 29.6 Å². The average molecular weight is 363 g/mol. The van der Waals surface area contributed by atoms with Crippen molar-refractivity contribution in [1.29, 1.82) is 5.26 Å². The molecule has 0 unspecified atom stereocenters. The van der Waals surface area contributed by atoms with E-state index in [1.165, 1.54) is 0 Å². The van der Waals surface area contributed by atoms with E-state index in [-0.39, 0.29) is 5.91 Å². The predicted molar refractivity (Wildman–Crippen MR) is 102 cm³/mol. The second-order valence-corrected chi connectivity index (χ2v) is 6.47. The van der Waals surface area contributed by atoms with Crippen LogP contribution in [0.5, 0.6) is 5.75 Å². The summed E-state index contributed by atoms with van der Waals surface area (Å²) in [6, 6.07) is 16.7. The van der Waals surface area contributed by atoms with Gasteiger partial charge in [-0.2, -0.15) is 5.26 Å². The van der Waals surface area contributed by atoms with Gasteiger partial charge in [0.2, 0.25) is 5.91 Å². The number of carbonyl (C=O) groups excluding carboxylic acids is 1. The van der Waals surface area contributed by atoms with E-state index in [1.54, 1.807) is 42.7 Å². The van der Waals surface area contributed by atoms with Gasteiger partial charge in [0.25, 0.3) is 0 Å². The Morgan fingerprint density at radius 3 is 2.81 bits per heavy atom. The number of benzene rings is 2. The Labute approximate surface area is 155 Å². The quantitative estimate of drug-likeness (QED) is 0.710. The van der Waals surface area contributed by atoms with Crippen LogP contribution in [0.3, 0.4) is 0 Å². The van der Waals surface area contributed by atoms with Crippen LogP contribution in [0.1, 0.15) is 17.7 Å². The summed E-state index contributed by atoms with van der Waals surface area (Å²) in [5.41, 5.74) is 3.07. The maximum Gasteiger partial charge on any atom is 0.224 e. The molecule has 1 N–H and O–H groups in total. The Morgan fingerprint density at radius 1 is 1.27 bits per heavy atom. The molecule has 0 saturated heterocycles. The average Bonchev–Trinajstić information content (AvgIpc) is 3.15. The zero-order chi connectivity index (χ0) is 18.4. The van der Waals surface area contributed by atoms with E-state index in [0.717, 1.165) is 22.0 Å². The van der Waals surface area contributed by atoms with Gasteiger partial charge in [0.1, 0.15) is 10.8 Å². The third-order valence-corrected chi connectivity index (χ3v) is 4.71. The smallest absolute Gasteiger partial charge is 0.224 e. The molecule has 0 atom stereocenters. The van der Waals surface area contributed by atoms with Crippen molar-refractivity contribution < 1.29 is 9.53 Å². The normalized spacial score (nSPS) is 10.2. The number of hydrogen-bond donors (Lipinski definition) is 1. The SMILES string of the molecule is COc1ccc(-c2nc(CCC(=O)Nc3cccc(C#N)c3)cs2)cc1. The van der Waals surface area contributed by atoms with Crippen molar-refractivity contribution >= 4 is 22.9 Å². The minimum atomic E-state index is -0.0981. The Hall–Kier alpha value is -3.17. The van der Waals surface area contributed by atoms with Crippen LogP contribution in [0, 0.1) is 11.3 Å². The summed E-state index contributed by atoms with van der Waals surface area (Å²) in [6.45, 7) is 0. The third kappa shape index (κ3) is 4.47. The number of nitriles is 1. The highest BCUT2D eigenvalue weighted by atomic mass is 32.1. The summed E-state index contributed by atoms with van der Waals surface area (Å²) in [5.74, 6) is 0.710. The first kappa shape index (κ1) is 17.6. The van der Waals surface area contributed by atoms with Gasteiger partial charge in [0.15, 0.2) is 0 Å². The molecule has 3 aromatic rings. The minimum absolute atomic E-state index is 0.0981. The van der Waals surface area contributed by atoms with E-state index in [9.17, 15) is 4.79 Å². The molecule has 26 heavy (non-hydrogen) atoms. The second-order valence-electron chi connectivity index (χ2n) is 5.61. The lowest BCUT2D eigenvalue weighted by Crippen LogP contribution is -2.12. The van der Waals surface area contributed by atoms with Gasteiger partial charge in [-0.05, 0) is 48.9 Å². The summed E-state index contributed by atoms with van der Waals surface area (Å²) in [6.07, 6.45) is 0.902. The molecule has 0 bridgehead atoms. The first-order valence-corrected chi connectivity index (χ1v) is 8.95. The van der Waals surface area contributed by atoms with Crippen LogP contribution in [0.25, 0.3) is 10.6 Å². The van der Waals surface area contributed by atoms with Crippen LogP contribution in [0.4, 0.5) is 5.69 Å². The zero-order valence-corrected chi connectivity index (χ0v) is 15.0. The number of nitrogens with one attached hydrogen (secondary N) is 1. The largest absolute Gasteiger partial charge is 0.497 e. The van der Waals surface area contributed by atoms with E-state index >= 15 is 0 Å². The van der Waals surface area contributed by atoms with Crippen LogP contribution in [-0.2, 0) is 11.2 Å². The Morgan fingerprint density at radius 2 is 2.08 bits per heavy atom. The van der Waals surface area contributed by atoms with Gasteiger partial charge in [-0.15, -0.1) is 11.3 Å². The standard InChI is InChI=1S/C20H17N3O2S/c1-25-18-8-5-15(6-9-18)20-23-17(13-26-20)7-10-19(24)22-16-4-2-3-14(11-16)12-21/h2-6,8-9,11,13H,7,10H2,1H3,(H,22,24). The van der Waals surface area contributed by atoms with Crippen molar-refractivity contribution in [3.05, 3.63) is 65.2 Å². The molecule has 3 rings (SSSR count). The molecule has 6 heteroatoms. The highest BCUT2D eigenvalue weighted by Crippen LogP contribution is 2.26. The summed E-state index contributed by atoms with van der Waals surface area (Å²) in [5, 5.41) is 14.6. The van der Waals surface area contributed by atoms with Crippen LogP contribution in [0.15, 0.2) is 53.9 Å². The highest BCUT2D eigenvalue weighted by molar-refractivity contribution is 7.13. The molecule has 0 fully saturated rings. The van der Waals surface area contributed by atoms with Gasteiger partial charge in [-0.3, -0.25) is 4.79 Å². The van der Waals surface area contributed by atoms with Crippen LogP contribution in [-0.4, -0.2) is 18.0 Å². The molecule has 1 amide bonds. The molecule has 0 aliphatic rings. The minimum Gasteiger partial charge on any atom is -0.497 e. The number of amides is 1. The number of methoxy groups -OCH3 is 1. The number of nitrogens with zero attached hydrogens (tertiary/aromatic N) is 2. The van der Waals surface area contributed by atoms with Crippen molar-refractivity contribution in [2.24, 2.45) is 0 Å². The van der Waals surface area contributed by atoms with Crippen LogP contribution >= 0.6 is 11.3 Å². The number of aromatic nitrogens is 1. The molecule has 0 spiro atoms. The van der Waals surface area contributed by atoms with Gasteiger partial charge in [0, 0.05) is 23.1 Å². The van der Waals surface area contributed by atoms with Crippen molar-refractivity contribution in [1.82, 2.24) is 4.98 Å². The Bertz CT molecular complexity index is 942. The summed E-state index contributed by atoms with van der Waals surface area (Å²) in [4.78, 5) is 16.7. The lowest BCUT2D eigenvalue weighted by atomic mass is 10.2. The number of carbonyl (C=O) groups is 1. The molecule has 2 aromatic carbocycles. The van der Waals surface area contributed by atoms with Gasteiger partial charge >= 0.3 is 0 Å². The highest BCUT2D eigenvalue weighted by Gasteiger charge is 2.08. The number of ether oxygens (including phenoxy) is 1. The van der Waals surface area contributed by atoms with Gasteiger partial charge in [-0.1, -0.05) is 6.07 Å².